The van der Waals surface area contributed by atoms with Crippen molar-refractivity contribution in [3.63, 3.8) is 0 Å². The fourth-order valence-electron chi connectivity index (χ4n) is 6.96. The van der Waals surface area contributed by atoms with Crippen LogP contribution in [0.1, 0.15) is 51.0 Å². The van der Waals surface area contributed by atoms with Crippen molar-refractivity contribution in [1.82, 2.24) is 14.7 Å². The van der Waals surface area contributed by atoms with Crippen LogP contribution in [0.25, 0.3) is 0 Å². The highest BCUT2D eigenvalue weighted by atomic mass is 32.2. The van der Waals surface area contributed by atoms with E-state index in [0.29, 0.717) is 26.2 Å². The molecule has 0 aliphatic carbocycles. The summed E-state index contributed by atoms with van der Waals surface area (Å²) in [6.45, 7) is 11.7. The Morgan fingerprint density at radius 1 is 1.08 bits per heavy atom. The van der Waals surface area contributed by atoms with Gasteiger partial charge in [0, 0.05) is 44.6 Å². The van der Waals surface area contributed by atoms with Gasteiger partial charge in [-0.25, -0.2) is 0 Å². The molecule has 212 valence electrons. The summed E-state index contributed by atoms with van der Waals surface area (Å²) >= 11 is 1.71. The number of carbonyl (C=O) groups excluding carboxylic acids is 3. The summed E-state index contributed by atoms with van der Waals surface area (Å²) in [6.07, 6.45) is 8.22. The third kappa shape index (κ3) is 5.42. The van der Waals surface area contributed by atoms with Crippen LogP contribution in [0.4, 0.5) is 0 Å². The van der Waals surface area contributed by atoms with Crippen LogP contribution < -0.4 is 0 Å². The van der Waals surface area contributed by atoms with Crippen LogP contribution in [-0.2, 0) is 20.9 Å². The Morgan fingerprint density at radius 2 is 1.77 bits per heavy atom. The third-order valence-corrected chi connectivity index (χ3v) is 10.7. The summed E-state index contributed by atoms with van der Waals surface area (Å²) < 4.78 is -1.01. The highest BCUT2D eigenvalue weighted by Gasteiger charge is 2.77. The van der Waals surface area contributed by atoms with Gasteiger partial charge in [-0.05, 0) is 38.2 Å². The number of benzene rings is 1. The molecule has 4 rings (SSSR count). The average Bonchev–Trinajstić information content (AvgIpc) is 3.49. The van der Waals surface area contributed by atoms with Gasteiger partial charge in [-0.2, -0.15) is 0 Å². The molecule has 3 fully saturated rings. The predicted molar refractivity (Wildman–Crippen MR) is 156 cm³/mol. The predicted octanol–water partition coefficient (Wildman–Crippen LogP) is 3.88. The molecule has 2 unspecified atom stereocenters. The van der Waals surface area contributed by atoms with Gasteiger partial charge in [-0.3, -0.25) is 14.4 Å². The first-order valence-corrected chi connectivity index (χ1v) is 15.0. The number of likely N-dealkylation sites (tertiary alicyclic amines) is 1. The van der Waals surface area contributed by atoms with Gasteiger partial charge in [0.1, 0.15) is 6.04 Å². The zero-order valence-electron chi connectivity index (χ0n) is 23.4. The maximum absolute atomic E-state index is 14.5. The second kappa shape index (κ2) is 12.3. The van der Waals surface area contributed by atoms with Gasteiger partial charge in [0.25, 0.3) is 0 Å². The van der Waals surface area contributed by atoms with Gasteiger partial charge in [-0.1, -0.05) is 55.3 Å². The summed E-state index contributed by atoms with van der Waals surface area (Å²) in [4.78, 5) is 47.8. The summed E-state index contributed by atoms with van der Waals surface area (Å²) in [7, 11) is 1.77. The van der Waals surface area contributed by atoms with E-state index < -0.39 is 22.6 Å². The first kappa shape index (κ1) is 29.4. The molecule has 0 aromatic heterocycles. The monoisotopic (exact) mass is 553 g/mol. The molecule has 1 aromatic rings. The topological polar surface area (TPSA) is 81.2 Å². The van der Waals surface area contributed by atoms with Crippen molar-refractivity contribution in [3.8, 4) is 0 Å². The SMILES string of the molecule is C=CCN(C)C(=O)[C@@H]1[C@H]2C(=O)N(CCCCCCO)C(C(=O)N(CC=C)Cc3ccccc3)C23CC[C@@]1(C)S3. The van der Waals surface area contributed by atoms with Crippen molar-refractivity contribution in [1.29, 1.82) is 0 Å². The Balaban J connectivity index is 1.70. The minimum Gasteiger partial charge on any atom is -0.396 e. The van der Waals surface area contributed by atoms with Crippen molar-refractivity contribution in [3.05, 3.63) is 61.2 Å². The minimum absolute atomic E-state index is 0.0342. The van der Waals surface area contributed by atoms with E-state index in [-0.39, 0.29) is 29.1 Å². The Hall–Kier alpha value is -2.58. The number of amides is 3. The number of hydrogen-bond donors (Lipinski definition) is 1. The first-order valence-electron chi connectivity index (χ1n) is 14.1. The van der Waals surface area contributed by atoms with E-state index in [0.717, 1.165) is 44.1 Å². The van der Waals surface area contributed by atoms with E-state index in [4.69, 9.17) is 5.11 Å². The van der Waals surface area contributed by atoms with E-state index in [2.05, 4.69) is 20.1 Å². The van der Waals surface area contributed by atoms with Crippen LogP contribution in [0.3, 0.4) is 0 Å². The number of carbonyl (C=O) groups is 3. The maximum atomic E-state index is 14.5. The van der Waals surface area contributed by atoms with E-state index >= 15 is 0 Å². The molecule has 3 aliphatic heterocycles. The van der Waals surface area contributed by atoms with Crippen molar-refractivity contribution in [2.24, 2.45) is 11.8 Å². The summed E-state index contributed by atoms with van der Waals surface area (Å²) in [5.41, 5.74) is 1.02. The lowest BCUT2D eigenvalue weighted by molar-refractivity contribution is -0.145. The molecule has 1 aromatic carbocycles. The molecule has 0 radical (unpaired) electrons. The van der Waals surface area contributed by atoms with E-state index in [1.807, 2.05) is 35.2 Å². The van der Waals surface area contributed by atoms with Crippen LogP contribution in [0.15, 0.2) is 55.6 Å². The standard InChI is InChI=1S/C31H43N3O4S/c1-5-18-32(4)27(36)24-25-28(37)34(20-12-7-8-13-21-35)26(31(25)17-16-30(24,3)39-31)29(38)33(19-6-2)22-23-14-10-9-11-15-23/h5-6,9-11,14-15,24-26,35H,1-2,7-8,12-13,16-22H2,3-4H3/t24-,25-,26?,30+,31?/m0/s1. The number of rotatable bonds is 14. The average molecular weight is 554 g/mol. The summed E-state index contributed by atoms with van der Waals surface area (Å²) in [5.74, 6) is -1.14. The van der Waals surface area contributed by atoms with E-state index in [1.165, 1.54) is 0 Å². The Bertz CT molecular complexity index is 1080. The largest absolute Gasteiger partial charge is 0.396 e. The Labute approximate surface area is 237 Å². The molecular weight excluding hydrogens is 510 g/mol. The molecule has 3 saturated heterocycles. The zero-order chi connectivity index (χ0) is 28.2. The molecule has 2 bridgehead atoms. The number of aliphatic hydroxyl groups excluding tert-OH is 1. The normalized spacial score (nSPS) is 28.8. The fourth-order valence-corrected chi connectivity index (χ4v) is 9.30. The lowest BCUT2D eigenvalue weighted by Gasteiger charge is -2.38. The fraction of sp³-hybridized carbons (Fsp3) is 0.581. The van der Waals surface area contributed by atoms with Crippen LogP contribution in [-0.4, -0.2) is 86.4 Å². The molecule has 3 heterocycles. The number of aliphatic hydroxyl groups is 1. The van der Waals surface area contributed by atoms with Crippen molar-refractivity contribution in [2.45, 2.75) is 67.5 Å². The minimum atomic E-state index is -0.626. The second-order valence-electron chi connectivity index (χ2n) is 11.4. The highest BCUT2D eigenvalue weighted by molar-refractivity contribution is 8.02. The molecule has 1 N–H and O–H groups in total. The highest BCUT2D eigenvalue weighted by Crippen LogP contribution is 2.71. The van der Waals surface area contributed by atoms with Crippen molar-refractivity contribution >= 4 is 29.5 Å². The van der Waals surface area contributed by atoms with Crippen LogP contribution >= 0.6 is 11.8 Å². The number of hydrogen-bond acceptors (Lipinski definition) is 5. The van der Waals surface area contributed by atoms with Gasteiger partial charge in [-0.15, -0.1) is 24.9 Å². The maximum Gasteiger partial charge on any atom is 0.247 e. The van der Waals surface area contributed by atoms with E-state index in [9.17, 15) is 14.4 Å². The van der Waals surface area contributed by atoms with Crippen molar-refractivity contribution < 1.29 is 19.5 Å². The number of nitrogens with zero attached hydrogens (tertiary/aromatic N) is 3. The van der Waals surface area contributed by atoms with Crippen LogP contribution in [0.5, 0.6) is 0 Å². The zero-order valence-corrected chi connectivity index (χ0v) is 24.2. The molecule has 1 spiro atoms. The molecular formula is C31H43N3O4S. The molecule has 8 heteroatoms. The lowest BCUT2D eigenvalue weighted by atomic mass is 9.66. The number of fused-ring (bicyclic) bond motifs is 1. The Kier molecular flexibility index (Phi) is 9.27. The van der Waals surface area contributed by atoms with Crippen LogP contribution in [0, 0.1) is 11.8 Å². The summed E-state index contributed by atoms with van der Waals surface area (Å²) in [5, 5.41) is 9.17. The summed E-state index contributed by atoms with van der Waals surface area (Å²) in [6, 6.07) is 9.27. The molecule has 3 aliphatic rings. The van der Waals surface area contributed by atoms with Gasteiger partial charge < -0.3 is 19.8 Å². The number of thioether (sulfide) groups is 1. The second-order valence-corrected chi connectivity index (χ2v) is 13.3. The van der Waals surface area contributed by atoms with Crippen LogP contribution in [0.2, 0.25) is 0 Å². The van der Waals surface area contributed by atoms with Gasteiger partial charge in [0.2, 0.25) is 17.7 Å². The smallest absolute Gasteiger partial charge is 0.247 e. The quantitative estimate of drug-likeness (QED) is 0.279. The molecule has 3 amide bonds. The first-order chi connectivity index (χ1) is 18.7. The molecule has 5 atom stereocenters. The third-order valence-electron chi connectivity index (χ3n) is 8.74. The molecule has 39 heavy (non-hydrogen) atoms. The van der Waals surface area contributed by atoms with Gasteiger partial charge >= 0.3 is 0 Å². The van der Waals surface area contributed by atoms with Gasteiger partial charge in [0.15, 0.2) is 0 Å². The molecule has 0 saturated carbocycles. The van der Waals surface area contributed by atoms with E-state index in [1.54, 1.807) is 40.8 Å². The lowest BCUT2D eigenvalue weighted by Crippen LogP contribution is -2.55. The van der Waals surface area contributed by atoms with Crippen molar-refractivity contribution in [2.75, 3.05) is 33.3 Å². The molecule has 7 nitrogen and oxygen atoms in total. The number of likely N-dealkylation sites (N-methyl/N-ethyl adjacent to an activating group) is 1. The number of unbranched alkanes of at least 4 members (excludes halogenated alkanes) is 3. The van der Waals surface area contributed by atoms with Gasteiger partial charge in [0.05, 0.1) is 16.6 Å². The Morgan fingerprint density at radius 3 is 2.44 bits per heavy atom.